The van der Waals surface area contributed by atoms with E-state index < -0.39 is 31.7 Å². The monoisotopic (exact) mass is 464 g/mol. The Kier molecular flexibility index (Phi) is 7.74. The van der Waals surface area contributed by atoms with Crippen LogP contribution in [0.2, 0.25) is 0 Å². The molecule has 178 valence electrons. The van der Waals surface area contributed by atoms with Crippen molar-refractivity contribution < 1.29 is 35.9 Å². The fraction of sp³-hybridized carbons (Fsp3) is 0.591. The molecule has 0 spiro atoms. The zero-order valence-corrected chi connectivity index (χ0v) is 17.5. The molecule has 1 aromatic rings. The summed E-state index contributed by atoms with van der Waals surface area (Å²) in [6.07, 6.45) is -6.74. The van der Waals surface area contributed by atoms with Crippen LogP contribution in [0.5, 0.6) is 5.75 Å². The molecule has 1 aliphatic heterocycles. The first-order valence-corrected chi connectivity index (χ1v) is 10.6. The number of hydrogen-bond donors (Lipinski definition) is 1. The van der Waals surface area contributed by atoms with Gasteiger partial charge in [0.15, 0.2) is 0 Å². The quantitative estimate of drug-likeness (QED) is 0.424. The standard InChI is InChI=1S/C22H26F6N2O2/c23-21(24,25)6-1-9-32-19-5-4-16-10-15(2-3-17(16)11-19)12-30-13-18(14-30)20(31)29-8-7-22(26,27)28/h4-5,10-11,18H,1-3,6-9,12-14H2,(H,29,31). The van der Waals surface area contributed by atoms with Gasteiger partial charge in [-0.15, -0.1) is 0 Å². The Bertz CT molecular complexity index is 829. The lowest BCUT2D eigenvalue weighted by atomic mass is 9.90. The number of benzene rings is 1. The van der Waals surface area contributed by atoms with Gasteiger partial charge in [-0.25, -0.2) is 0 Å². The molecule has 10 heteroatoms. The van der Waals surface area contributed by atoms with Crippen LogP contribution in [0.1, 0.15) is 36.8 Å². The normalized spacial score (nSPS) is 17.4. The average Bonchev–Trinajstić information content (AvgIpc) is 2.65. The Morgan fingerprint density at radius 3 is 2.47 bits per heavy atom. The van der Waals surface area contributed by atoms with E-state index in [1.165, 1.54) is 5.57 Å². The van der Waals surface area contributed by atoms with Crippen LogP contribution in [-0.2, 0) is 11.2 Å². The van der Waals surface area contributed by atoms with Crippen LogP contribution in [0.15, 0.2) is 23.8 Å². The molecular weight excluding hydrogens is 438 g/mol. The molecule has 1 aromatic carbocycles. The second-order valence-electron chi connectivity index (χ2n) is 8.28. The van der Waals surface area contributed by atoms with E-state index in [0.29, 0.717) is 25.4 Å². The second kappa shape index (κ2) is 10.1. The topological polar surface area (TPSA) is 41.6 Å². The molecule has 1 saturated heterocycles. The van der Waals surface area contributed by atoms with E-state index in [-0.39, 0.29) is 24.9 Å². The fourth-order valence-corrected chi connectivity index (χ4v) is 3.83. The first-order valence-electron chi connectivity index (χ1n) is 10.6. The van der Waals surface area contributed by atoms with Crippen molar-refractivity contribution in [2.24, 2.45) is 5.92 Å². The zero-order valence-electron chi connectivity index (χ0n) is 17.5. The first-order chi connectivity index (χ1) is 15.0. The number of nitrogens with one attached hydrogen (secondary N) is 1. The number of likely N-dealkylation sites (tertiary alicyclic amines) is 1. The van der Waals surface area contributed by atoms with Gasteiger partial charge in [0.1, 0.15) is 5.75 Å². The third-order valence-corrected chi connectivity index (χ3v) is 5.53. The van der Waals surface area contributed by atoms with E-state index in [0.717, 1.165) is 24.0 Å². The molecule has 4 nitrogen and oxygen atoms in total. The molecule has 0 atom stereocenters. The van der Waals surface area contributed by atoms with Crippen molar-refractivity contribution in [1.29, 1.82) is 0 Å². The molecule has 32 heavy (non-hydrogen) atoms. The van der Waals surface area contributed by atoms with E-state index >= 15 is 0 Å². The van der Waals surface area contributed by atoms with Gasteiger partial charge in [-0.3, -0.25) is 9.69 Å². The summed E-state index contributed by atoms with van der Waals surface area (Å²) in [6.45, 7) is 1.36. The van der Waals surface area contributed by atoms with E-state index in [9.17, 15) is 31.1 Å². The van der Waals surface area contributed by atoms with E-state index in [1.54, 1.807) is 6.07 Å². The third-order valence-electron chi connectivity index (χ3n) is 5.53. The Hall–Kier alpha value is -2.23. The van der Waals surface area contributed by atoms with Crippen molar-refractivity contribution in [3.8, 4) is 5.75 Å². The molecule has 0 radical (unpaired) electrons. The molecule has 3 rings (SSSR count). The van der Waals surface area contributed by atoms with Crippen LogP contribution in [-0.4, -0.2) is 55.9 Å². The molecule has 1 aliphatic carbocycles. The number of alkyl halides is 6. The van der Waals surface area contributed by atoms with Gasteiger partial charge in [-0.05, 0) is 42.5 Å². The summed E-state index contributed by atoms with van der Waals surface area (Å²) in [7, 11) is 0. The summed E-state index contributed by atoms with van der Waals surface area (Å²) >= 11 is 0. The highest BCUT2D eigenvalue weighted by molar-refractivity contribution is 5.80. The van der Waals surface area contributed by atoms with Gasteiger partial charge in [-0.1, -0.05) is 17.7 Å². The van der Waals surface area contributed by atoms with Crippen molar-refractivity contribution in [2.45, 2.75) is 44.5 Å². The largest absolute Gasteiger partial charge is 0.494 e. The van der Waals surface area contributed by atoms with Crippen molar-refractivity contribution in [2.75, 3.05) is 32.8 Å². The van der Waals surface area contributed by atoms with Crippen molar-refractivity contribution in [3.63, 3.8) is 0 Å². The minimum Gasteiger partial charge on any atom is -0.494 e. The van der Waals surface area contributed by atoms with Gasteiger partial charge in [0, 0.05) is 32.6 Å². The number of carbonyl (C=O) groups excluding carboxylic acids is 1. The predicted octanol–water partition coefficient (Wildman–Crippen LogP) is 4.74. The number of hydrogen-bond acceptors (Lipinski definition) is 3. The maximum atomic E-state index is 12.2. The maximum absolute atomic E-state index is 12.2. The number of nitrogens with zero attached hydrogens (tertiary/aromatic N) is 1. The lowest BCUT2D eigenvalue weighted by Gasteiger charge is -2.39. The maximum Gasteiger partial charge on any atom is 0.390 e. The van der Waals surface area contributed by atoms with Crippen molar-refractivity contribution in [1.82, 2.24) is 10.2 Å². The van der Waals surface area contributed by atoms with E-state index in [4.69, 9.17) is 4.74 Å². The molecule has 1 heterocycles. The number of aryl methyl sites for hydroxylation is 1. The van der Waals surface area contributed by atoms with Gasteiger partial charge in [-0.2, -0.15) is 26.3 Å². The molecule has 1 amide bonds. The van der Waals surface area contributed by atoms with Crippen LogP contribution >= 0.6 is 0 Å². The lowest BCUT2D eigenvalue weighted by Crippen LogP contribution is -2.54. The van der Waals surface area contributed by atoms with Gasteiger partial charge < -0.3 is 10.1 Å². The lowest BCUT2D eigenvalue weighted by molar-refractivity contribution is -0.138. The average molecular weight is 464 g/mol. The molecule has 0 aromatic heterocycles. The minimum absolute atomic E-state index is 0.0132. The molecule has 0 unspecified atom stereocenters. The van der Waals surface area contributed by atoms with E-state index in [1.807, 2.05) is 12.1 Å². The third kappa shape index (κ3) is 7.72. The minimum atomic E-state index is -4.28. The highest BCUT2D eigenvalue weighted by atomic mass is 19.4. The zero-order chi connectivity index (χ0) is 23.4. The molecule has 0 saturated carbocycles. The number of halogens is 6. The summed E-state index contributed by atoms with van der Waals surface area (Å²) < 4.78 is 78.5. The van der Waals surface area contributed by atoms with E-state index in [2.05, 4.69) is 16.3 Å². The smallest absolute Gasteiger partial charge is 0.390 e. The van der Waals surface area contributed by atoms with Crippen LogP contribution < -0.4 is 10.1 Å². The number of rotatable bonds is 9. The molecule has 0 bridgehead atoms. The van der Waals surface area contributed by atoms with Crippen LogP contribution in [0.4, 0.5) is 26.3 Å². The SMILES string of the molecule is O=C(NCCC(F)(F)F)C1CN(CC2=Cc3ccc(OCCCC(F)(F)F)cc3CC2)C1. The Morgan fingerprint density at radius 1 is 1.06 bits per heavy atom. The molecule has 1 fully saturated rings. The summed E-state index contributed by atoms with van der Waals surface area (Å²) in [4.78, 5) is 14.0. The van der Waals surface area contributed by atoms with Gasteiger partial charge in [0.05, 0.1) is 18.9 Å². The second-order valence-corrected chi connectivity index (χ2v) is 8.28. The predicted molar refractivity (Wildman–Crippen MR) is 107 cm³/mol. The summed E-state index contributed by atoms with van der Waals surface area (Å²) in [5, 5.41) is 2.34. The molecule has 2 aliphatic rings. The van der Waals surface area contributed by atoms with Gasteiger partial charge >= 0.3 is 12.4 Å². The van der Waals surface area contributed by atoms with Crippen LogP contribution in [0.25, 0.3) is 6.08 Å². The Balaban J connectivity index is 1.41. The number of fused-ring (bicyclic) bond motifs is 1. The number of amides is 1. The Morgan fingerprint density at radius 2 is 1.78 bits per heavy atom. The number of ether oxygens (including phenoxy) is 1. The highest BCUT2D eigenvalue weighted by Gasteiger charge is 2.34. The molecule has 1 N–H and O–H groups in total. The summed E-state index contributed by atoms with van der Waals surface area (Å²) in [5.41, 5.74) is 3.32. The molecular formula is C22H26F6N2O2. The summed E-state index contributed by atoms with van der Waals surface area (Å²) in [5.74, 6) is -0.0575. The first kappa shape index (κ1) is 24.4. The summed E-state index contributed by atoms with van der Waals surface area (Å²) in [6, 6.07) is 5.50. The highest BCUT2D eigenvalue weighted by Crippen LogP contribution is 2.30. The number of carbonyl (C=O) groups is 1. The van der Waals surface area contributed by atoms with Crippen molar-refractivity contribution in [3.05, 3.63) is 34.9 Å². The van der Waals surface area contributed by atoms with Crippen LogP contribution in [0.3, 0.4) is 0 Å². The van der Waals surface area contributed by atoms with Crippen LogP contribution in [0, 0.1) is 5.92 Å². The fourth-order valence-electron chi connectivity index (χ4n) is 3.83. The Labute approximate surface area is 182 Å². The van der Waals surface area contributed by atoms with Gasteiger partial charge in [0.25, 0.3) is 0 Å². The van der Waals surface area contributed by atoms with Crippen molar-refractivity contribution >= 4 is 12.0 Å². The van der Waals surface area contributed by atoms with Gasteiger partial charge in [0.2, 0.25) is 5.91 Å².